The molecule has 1 amide bonds. The van der Waals surface area contributed by atoms with Gasteiger partial charge in [0.15, 0.2) is 0 Å². The molecule has 0 N–H and O–H groups in total. The Morgan fingerprint density at radius 2 is 1.94 bits per heavy atom. The molecule has 3 nitrogen and oxygen atoms in total. The highest BCUT2D eigenvalue weighted by atomic mass is 16.2. The molecule has 1 heterocycles. The summed E-state index contributed by atoms with van der Waals surface area (Å²) in [6.45, 7) is 8.62. The van der Waals surface area contributed by atoms with Crippen LogP contribution in [0.2, 0.25) is 0 Å². The Labute approximate surface area is 109 Å². The number of aryl methyl sites for hydroxylation is 1. The molecule has 1 aromatic carbocycles. The summed E-state index contributed by atoms with van der Waals surface area (Å²) in [5.74, 6) is 0.184. The fourth-order valence-corrected chi connectivity index (χ4v) is 2.60. The second kappa shape index (κ2) is 5.42. The van der Waals surface area contributed by atoms with E-state index < -0.39 is 0 Å². The molecule has 0 aromatic heterocycles. The molecule has 0 radical (unpaired) electrons. The monoisotopic (exact) mass is 246 g/mol. The third kappa shape index (κ3) is 2.66. The molecule has 1 aromatic rings. The lowest BCUT2D eigenvalue weighted by Crippen LogP contribution is -2.53. The summed E-state index contributed by atoms with van der Waals surface area (Å²) in [6, 6.07) is 9.06. The van der Waals surface area contributed by atoms with Crippen LogP contribution in [-0.2, 0) is 11.2 Å². The highest BCUT2D eigenvalue weighted by molar-refractivity contribution is 5.74. The highest BCUT2D eigenvalue weighted by Crippen LogP contribution is 2.20. The molecule has 98 valence electrons. The Bertz CT molecular complexity index is 413. The van der Waals surface area contributed by atoms with Gasteiger partial charge in [-0.15, -0.1) is 0 Å². The fourth-order valence-electron chi connectivity index (χ4n) is 2.60. The number of carbonyl (C=O) groups is 1. The number of anilines is 1. The average molecular weight is 246 g/mol. The molecule has 0 aliphatic carbocycles. The van der Waals surface area contributed by atoms with Gasteiger partial charge < -0.3 is 9.80 Å². The van der Waals surface area contributed by atoms with Gasteiger partial charge in [-0.3, -0.25) is 4.79 Å². The molecule has 1 aliphatic rings. The number of nitrogens with zero attached hydrogens (tertiary/aromatic N) is 2. The van der Waals surface area contributed by atoms with Crippen LogP contribution in [0.5, 0.6) is 0 Å². The van der Waals surface area contributed by atoms with E-state index in [2.05, 4.69) is 43.0 Å². The minimum Gasteiger partial charge on any atom is -0.368 e. The summed E-state index contributed by atoms with van der Waals surface area (Å²) in [4.78, 5) is 15.8. The van der Waals surface area contributed by atoms with Crippen LogP contribution >= 0.6 is 0 Å². The van der Waals surface area contributed by atoms with Gasteiger partial charge in [0.05, 0.1) is 0 Å². The molecule has 3 heteroatoms. The van der Waals surface area contributed by atoms with Crippen molar-refractivity contribution in [1.82, 2.24) is 4.90 Å². The van der Waals surface area contributed by atoms with Gasteiger partial charge in [0.25, 0.3) is 0 Å². The van der Waals surface area contributed by atoms with Gasteiger partial charge in [-0.1, -0.05) is 19.1 Å². The molecule has 1 atom stereocenters. The highest BCUT2D eigenvalue weighted by Gasteiger charge is 2.25. The van der Waals surface area contributed by atoms with Crippen LogP contribution in [0.25, 0.3) is 0 Å². The summed E-state index contributed by atoms with van der Waals surface area (Å²) in [5, 5.41) is 0. The van der Waals surface area contributed by atoms with E-state index in [4.69, 9.17) is 0 Å². The molecule has 2 rings (SSSR count). The normalized spacial score (nSPS) is 20.1. The first-order chi connectivity index (χ1) is 8.61. The molecule has 1 saturated heterocycles. The Morgan fingerprint density at radius 1 is 1.28 bits per heavy atom. The zero-order valence-electron chi connectivity index (χ0n) is 11.5. The molecule has 0 saturated carbocycles. The van der Waals surface area contributed by atoms with Crippen LogP contribution in [-0.4, -0.2) is 36.5 Å². The molecule has 0 spiro atoms. The molecular formula is C15H22N2O. The van der Waals surface area contributed by atoms with Crippen molar-refractivity contribution in [3.05, 3.63) is 29.8 Å². The van der Waals surface area contributed by atoms with Crippen LogP contribution in [0.1, 0.15) is 26.3 Å². The van der Waals surface area contributed by atoms with E-state index in [0.29, 0.717) is 6.04 Å². The first-order valence-corrected chi connectivity index (χ1v) is 6.73. The number of hydrogen-bond donors (Lipinski definition) is 0. The van der Waals surface area contributed by atoms with Crippen LogP contribution < -0.4 is 4.90 Å². The molecule has 0 bridgehead atoms. The average Bonchev–Trinajstić information content (AvgIpc) is 2.38. The van der Waals surface area contributed by atoms with E-state index in [9.17, 15) is 4.79 Å². The summed E-state index contributed by atoms with van der Waals surface area (Å²) >= 11 is 0. The molecular weight excluding hydrogens is 224 g/mol. The number of benzene rings is 1. The third-order valence-electron chi connectivity index (χ3n) is 3.74. The maximum absolute atomic E-state index is 11.4. The van der Waals surface area contributed by atoms with E-state index in [1.54, 1.807) is 6.92 Å². The van der Waals surface area contributed by atoms with Crippen molar-refractivity contribution >= 4 is 11.6 Å². The number of piperazine rings is 1. The summed E-state index contributed by atoms with van der Waals surface area (Å²) in [5.41, 5.74) is 2.64. The van der Waals surface area contributed by atoms with Crippen LogP contribution in [0.15, 0.2) is 24.3 Å². The van der Waals surface area contributed by atoms with Gasteiger partial charge >= 0.3 is 0 Å². The lowest BCUT2D eigenvalue weighted by Gasteiger charge is -2.40. The van der Waals surface area contributed by atoms with Crippen molar-refractivity contribution in [2.45, 2.75) is 33.2 Å². The number of carbonyl (C=O) groups excluding carboxylic acids is 1. The van der Waals surface area contributed by atoms with Crippen LogP contribution in [0.4, 0.5) is 5.69 Å². The molecule has 18 heavy (non-hydrogen) atoms. The van der Waals surface area contributed by atoms with Crippen molar-refractivity contribution in [2.24, 2.45) is 0 Å². The molecule has 0 unspecified atom stereocenters. The van der Waals surface area contributed by atoms with Gasteiger partial charge in [0, 0.05) is 38.3 Å². The predicted molar refractivity (Wildman–Crippen MR) is 74.9 cm³/mol. The number of hydrogen-bond acceptors (Lipinski definition) is 2. The van der Waals surface area contributed by atoms with E-state index in [0.717, 1.165) is 26.1 Å². The Morgan fingerprint density at radius 3 is 2.44 bits per heavy atom. The fraction of sp³-hybridized carbons (Fsp3) is 0.533. The minimum absolute atomic E-state index is 0.184. The largest absolute Gasteiger partial charge is 0.368 e. The molecule has 1 aliphatic heterocycles. The summed E-state index contributed by atoms with van der Waals surface area (Å²) < 4.78 is 0. The SMILES string of the molecule is CCc1ccc(N2CCN(C(C)=O)[C@H](C)C2)cc1. The second-order valence-corrected chi connectivity index (χ2v) is 5.03. The second-order valence-electron chi connectivity index (χ2n) is 5.03. The first-order valence-electron chi connectivity index (χ1n) is 6.73. The Hall–Kier alpha value is -1.51. The van der Waals surface area contributed by atoms with Crippen molar-refractivity contribution in [2.75, 3.05) is 24.5 Å². The zero-order chi connectivity index (χ0) is 13.1. The summed E-state index contributed by atoms with van der Waals surface area (Å²) in [7, 11) is 0. The Kier molecular flexibility index (Phi) is 3.90. The van der Waals surface area contributed by atoms with Crippen molar-refractivity contribution in [1.29, 1.82) is 0 Å². The molecule has 1 fully saturated rings. The predicted octanol–water partition coefficient (Wildman–Crippen LogP) is 2.31. The smallest absolute Gasteiger partial charge is 0.219 e. The van der Waals surface area contributed by atoms with Gasteiger partial charge in [-0.05, 0) is 31.0 Å². The lowest BCUT2D eigenvalue weighted by molar-refractivity contribution is -0.131. The van der Waals surface area contributed by atoms with Crippen LogP contribution in [0, 0.1) is 0 Å². The Balaban J connectivity index is 2.05. The number of rotatable bonds is 2. The quantitative estimate of drug-likeness (QED) is 0.799. The van der Waals surface area contributed by atoms with Crippen molar-refractivity contribution < 1.29 is 4.79 Å². The maximum atomic E-state index is 11.4. The third-order valence-corrected chi connectivity index (χ3v) is 3.74. The lowest BCUT2D eigenvalue weighted by atomic mass is 10.1. The topological polar surface area (TPSA) is 23.6 Å². The standard InChI is InChI=1S/C15H22N2O/c1-4-14-5-7-15(8-6-14)16-9-10-17(13(3)18)12(2)11-16/h5-8,12H,4,9-11H2,1-3H3/t12-/m1/s1. The van der Waals surface area contributed by atoms with E-state index in [-0.39, 0.29) is 5.91 Å². The van der Waals surface area contributed by atoms with E-state index in [1.807, 2.05) is 4.90 Å². The van der Waals surface area contributed by atoms with Gasteiger partial charge in [-0.2, -0.15) is 0 Å². The minimum atomic E-state index is 0.184. The van der Waals surface area contributed by atoms with Gasteiger partial charge in [0.1, 0.15) is 0 Å². The summed E-state index contributed by atoms with van der Waals surface area (Å²) in [6.07, 6.45) is 1.08. The van der Waals surface area contributed by atoms with Crippen molar-refractivity contribution in [3.8, 4) is 0 Å². The zero-order valence-corrected chi connectivity index (χ0v) is 11.5. The van der Waals surface area contributed by atoms with E-state index >= 15 is 0 Å². The van der Waals surface area contributed by atoms with Crippen molar-refractivity contribution in [3.63, 3.8) is 0 Å². The van der Waals surface area contributed by atoms with Gasteiger partial charge in [-0.25, -0.2) is 0 Å². The maximum Gasteiger partial charge on any atom is 0.219 e. The van der Waals surface area contributed by atoms with Gasteiger partial charge in [0.2, 0.25) is 5.91 Å². The van der Waals surface area contributed by atoms with E-state index in [1.165, 1.54) is 11.3 Å². The van der Waals surface area contributed by atoms with Crippen LogP contribution in [0.3, 0.4) is 0 Å². The first kappa shape index (κ1) is 12.9. The number of amides is 1.